The van der Waals surface area contributed by atoms with Crippen LogP contribution in [0.15, 0.2) is 15.9 Å². The Morgan fingerprint density at radius 1 is 1.55 bits per heavy atom. The molecule has 1 N–H and O–H groups in total. The first kappa shape index (κ1) is 15.9. The molecule has 1 aromatic heterocycles. The quantitative estimate of drug-likeness (QED) is 0.841. The van der Waals surface area contributed by atoms with E-state index in [1.165, 1.54) is 8.66 Å². The van der Waals surface area contributed by atoms with Crippen LogP contribution in [0.1, 0.15) is 37.1 Å². The average Bonchev–Trinajstić information content (AvgIpc) is 2.85. The second-order valence-electron chi connectivity index (χ2n) is 5.07. The van der Waals surface area contributed by atoms with Crippen LogP contribution in [0.25, 0.3) is 0 Å². The van der Waals surface area contributed by atoms with Crippen LogP contribution in [0.4, 0.5) is 0 Å². The number of hydrogen-bond donors (Lipinski definition) is 1. The van der Waals surface area contributed by atoms with Gasteiger partial charge >= 0.3 is 5.97 Å². The molecule has 0 radical (unpaired) electrons. The van der Waals surface area contributed by atoms with E-state index in [2.05, 4.69) is 39.9 Å². The van der Waals surface area contributed by atoms with Crippen molar-refractivity contribution < 1.29 is 14.6 Å². The molecule has 2 heterocycles. The Hall–Kier alpha value is -0.430. The maximum absolute atomic E-state index is 10.5. The molecule has 4 nitrogen and oxygen atoms in total. The number of nitrogens with zero attached hydrogens (tertiary/aromatic N) is 1. The van der Waals surface area contributed by atoms with E-state index >= 15 is 0 Å². The summed E-state index contributed by atoms with van der Waals surface area (Å²) in [4.78, 5) is 14.3. The topological polar surface area (TPSA) is 49.8 Å². The molecule has 1 atom stereocenters. The molecule has 1 aromatic rings. The second-order valence-corrected chi connectivity index (χ2v) is 7.56. The van der Waals surface area contributed by atoms with Crippen molar-refractivity contribution >= 4 is 33.2 Å². The number of carboxylic acids is 1. The molecule has 2 rings (SSSR count). The molecule has 1 saturated heterocycles. The van der Waals surface area contributed by atoms with Crippen molar-refractivity contribution in [3.8, 4) is 0 Å². The number of halogens is 1. The fourth-order valence-corrected chi connectivity index (χ4v) is 3.99. The minimum Gasteiger partial charge on any atom is -0.481 e. The third-order valence-electron chi connectivity index (χ3n) is 3.70. The highest BCUT2D eigenvalue weighted by atomic mass is 79.9. The first-order valence-corrected chi connectivity index (χ1v) is 8.50. The molecule has 20 heavy (non-hydrogen) atoms. The lowest BCUT2D eigenvalue weighted by molar-refractivity contribution is -0.138. The number of rotatable bonds is 6. The molecule has 112 valence electrons. The number of thiophene rings is 1. The van der Waals surface area contributed by atoms with Crippen LogP contribution in [-0.4, -0.2) is 41.8 Å². The van der Waals surface area contributed by atoms with Gasteiger partial charge in [0.15, 0.2) is 0 Å². The Labute approximate surface area is 131 Å². The largest absolute Gasteiger partial charge is 0.481 e. The van der Waals surface area contributed by atoms with Crippen LogP contribution >= 0.6 is 27.3 Å². The number of ether oxygens (including phenoxy) is 1. The van der Waals surface area contributed by atoms with Gasteiger partial charge in [-0.3, -0.25) is 9.69 Å². The molecule has 1 aliphatic rings. The fourth-order valence-electron chi connectivity index (χ4n) is 2.48. The number of likely N-dealkylation sites (tertiary alicyclic amines) is 1. The molecule has 0 bridgehead atoms. The van der Waals surface area contributed by atoms with Crippen molar-refractivity contribution in [3.63, 3.8) is 0 Å². The van der Waals surface area contributed by atoms with Gasteiger partial charge in [0.05, 0.1) is 22.9 Å². The van der Waals surface area contributed by atoms with Crippen LogP contribution in [0.3, 0.4) is 0 Å². The summed E-state index contributed by atoms with van der Waals surface area (Å²) in [5, 5.41) is 8.59. The van der Waals surface area contributed by atoms with Crippen LogP contribution in [-0.2, 0) is 9.53 Å². The van der Waals surface area contributed by atoms with E-state index < -0.39 is 5.97 Å². The van der Waals surface area contributed by atoms with Gasteiger partial charge in [0.1, 0.15) is 0 Å². The van der Waals surface area contributed by atoms with E-state index in [9.17, 15) is 4.79 Å². The molecule has 0 aliphatic carbocycles. The van der Waals surface area contributed by atoms with Gasteiger partial charge in [-0.25, -0.2) is 0 Å². The Kier molecular flexibility index (Phi) is 6.01. The number of carbonyl (C=O) groups is 1. The maximum Gasteiger partial charge on any atom is 0.305 e. The van der Waals surface area contributed by atoms with E-state index in [0.29, 0.717) is 12.6 Å². The Morgan fingerprint density at radius 2 is 2.25 bits per heavy atom. The smallest absolute Gasteiger partial charge is 0.305 e. The summed E-state index contributed by atoms with van der Waals surface area (Å²) in [6.45, 7) is 4.58. The minimum absolute atomic E-state index is 0.0971. The van der Waals surface area contributed by atoms with Gasteiger partial charge in [-0.15, -0.1) is 11.3 Å². The highest BCUT2D eigenvalue weighted by Crippen LogP contribution is 2.32. The van der Waals surface area contributed by atoms with Crippen molar-refractivity contribution in [1.29, 1.82) is 0 Å². The van der Waals surface area contributed by atoms with Gasteiger partial charge in [-0.2, -0.15) is 0 Å². The summed E-state index contributed by atoms with van der Waals surface area (Å²) in [5.74, 6) is -0.792. The second kappa shape index (κ2) is 7.54. The molecule has 0 spiro atoms. The van der Waals surface area contributed by atoms with Crippen molar-refractivity contribution in [3.05, 3.63) is 20.8 Å². The first-order chi connectivity index (χ1) is 9.56. The number of aliphatic carboxylic acids is 1. The molecule has 0 amide bonds. The summed E-state index contributed by atoms with van der Waals surface area (Å²) < 4.78 is 6.79. The SMILES string of the molecule is CC(c1ccc(Br)s1)N1CCC(OCCC(=O)O)CC1. The molecular formula is C14H20BrNO3S. The number of piperidine rings is 1. The van der Waals surface area contributed by atoms with Crippen molar-refractivity contribution in [1.82, 2.24) is 4.90 Å². The molecule has 0 aromatic carbocycles. The lowest BCUT2D eigenvalue weighted by atomic mass is 10.1. The van der Waals surface area contributed by atoms with E-state index in [1.807, 2.05) is 0 Å². The van der Waals surface area contributed by atoms with Gasteiger partial charge in [0.2, 0.25) is 0 Å². The highest BCUT2D eigenvalue weighted by molar-refractivity contribution is 9.11. The van der Waals surface area contributed by atoms with Crippen molar-refractivity contribution in [2.45, 2.75) is 38.3 Å². The normalized spacial score (nSPS) is 19.1. The molecule has 0 saturated carbocycles. The highest BCUT2D eigenvalue weighted by Gasteiger charge is 2.24. The predicted octanol–water partition coefficient (Wildman–Crippen LogP) is 3.53. The Bertz CT molecular complexity index is 443. The van der Waals surface area contributed by atoms with Gasteiger partial charge < -0.3 is 9.84 Å². The van der Waals surface area contributed by atoms with E-state index in [4.69, 9.17) is 9.84 Å². The van der Waals surface area contributed by atoms with E-state index in [1.54, 1.807) is 11.3 Å². The lowest BCUT2D eigenvalue weighted by Gasteiger charge is -2.35. The van der Waals surface area contributed by atoms with Gasteiger partial charge in [-0.1, -0.05) is 0 Å². The fraction of sp³-hybridized carbons (Fsp3) is 0.643. The predicted molar refractivity (Wildman–Crippen MR) is 83.2 cm³/mol. The van der Waals surface area contributed by atoms with Crippen LogP contribution in [0, 0.1) is 0 Å². The Morgan fingerprint density at radius 3 is 2.80 bits per heavy atom. The summed E-state index contributed by atoms with van der Waals surface area (Å²) in [7, 11) is 0. The summed E-state index contributed by atoms with van der Waals surface area (Å²) in [6, 6.07) is 4.71. The molecule has 1 fully saturated rings. The number of hydrogen-bond acceptors (Lipinski definition) is 4. The summed E-state index contributed by atoms with van der Waals surface area (Å²) >= 11 is 5.29. The molecule has 6 heteroatoms. The zero-order valence-electron chi connectivity index (χ0n) is 11.5. The minimum atomic E-state index is -0.792. The van der Waals surface area contributed by atoms with Gasteiger partial charge in [-0.05, 0) is 47.8 Å². The average molecular weight is 362 g/mol. The van der Waals surface area contributed by atoms with Crippen LogP contribution < -0.4 is 0 Å². The van der Waals surface area contributed by atoms with Gasteiger partial charge in [0, 0.05) is 24.0 Å². The maximum atomic E-state index is 10.5. The van der Waals surface area contributed by atoms with E-state index in [0.717, 1.165) is 25.9 Å². The summed E-state index contributed by atoms with van der Waals surface area (Å²) in [5.41, 5.74) is 0. The lowest BCUT2D eigenvalue weighted by Crippen LogP contribution is -2.38. The van der Waals surface area contributed by atoms with Crippen LogP contribution in [0.5, 0.6) is 0 Å². The van der Waals surface area contributed by atoms with E-state index in [-0.39, 0.29) is 12.5 Å². The van der Waals surface area contributed by atoms with Gasteiger partial charge in [0.25, 0.3) is 0 Å². The zero-order chi connectivity index (χ0) is 14.5. The standard InChI is InChI=1S/C14H20BrNO3S/c1-10(12-2-3-13(15)20-12)16-7-4-11(5-8-16)19-9-6-14(17)18/h2-3,10-11H,4-9H2,1H3,(H,17,18). The molecular weight excluding hydrogens is 342 g/mol. The summed E-state index contributed by atoms with van der Waals surface area (Å²) in [6.07, 6.45) is 2.28. The Balaban J connectivity index is 1.75. The monoisotopic (exact) mass is 361 g/mol. The molecule has 1 unspecified atom stereocenters. The number of carboxylic acid groups (broad SMARTS) is 1. The zero-order valence-corrected chi connectivity index (χ0v) is 14.0. The first-order valence-electron chi connectivity index (χ1n) is 6.89. The third-order valence-corrected chi connectivity index (χ3v) is 5.49. The molecule has 1 aliphatic heterocycles. The van der Waals surface area contributed by atoms with Crippen molar-refractivity contribution in [2.24, 2.45) is 0 Å². The van der Waals surface area contributed by atoms with Crippen LogP contribution in [0.2, 0.25) is 0 Å². The third kappa shape index (κ3) is 4.55. The van der Waals surface area contributed by atoms with Crippen molar-refractivity contribution in [2.75, 3.05) is 19.7 Å².